The average molecular weight is 368 g/mol. The van der Waals surface area contributed by atoms with E-state index in [2.05, 4.69) is 68.0 Å². The molecule has 4 rings (SSSR count). The van der Waals surface area contributed by atoms with Crippen molar-refractivity contribution < 1.29 is 0 Å². The molecule has 2 aromatic rings. The molecule has 0 spiro atoms. The summed E-state index contributed by atoms with van der Waals surface area (Å²) in [7, 11) is 0. The van der Waals surface area contributed by atoms with Crippen molar-refractivity contribution in [3.8, 4) is 11.5 Å². The van der Waals surface area contributed by atoms with E-state index in [-0.39, 0.29) is 5.54 Å². The second-order valence-corrected chi connectivity index (χ2v) is 8.03. The van der Waals surface area contributed by atoms with E-state index >= 15 is 0 Å². The summed E-state index contributed by atoms with van der Waals surface area (Å²) in [5.74, 6) is 1.46. The van der Waals surface area contributed by atoms with E-state index in [1.807, 2.05) is 19.2 Å². The molecule has 1 aliphatic heterocycles. The molecule has 27 heavy (non-hydrogen) atoms. The van der Waals surface area contributed by atoms with Crippen LogP contribution in [0, 0.1) is 6.92 Å². The Morgan fingerprint density at radius 1 is 1.26 bits per heavy atom. The number of nitrogens with zero attached hydrogens (tertiary/aromatic N) is 6. The number of aliphatic imine (C=N–C) groups is 1. The number of aromatic amines is 1. The van der Waals surface area contributed by atoms with Crippen LogP contribution in [0.1, 0.15) is 39.4 Å². The van der Waals surface area contributed by atoms with E-state index in [4.69, 9.17) is 0 Å². The Balaban J connectivity index is 1.49. The molecule has 2 fully saturated rings. The van der Waals surface area contributed by atoms with Gasteiger partial charge in [0.05, 0.1) is 17.4 Å². The van der Waals surface area contributed by atoms with Gasteiger partial charge in [-0.05, 0) is 52.7 Å². The third-order valence-electron chi connectivity index (χ3n) is 5.82. The van der Waals surface area contributed by atoms with Crippen LogP contribution in [-0.2, 0) is 0 Å². The van der Waals surface area contributed by atoms with E-state index in [0.29, 0.717) is 17.9 Å². The minimum absolute atomic E-state index is 0.0109. The summed E-state index contributed by atoms with van der Waals surface area (Å²) in [6.07, 6.45) is 6.60. The molecule has 7 nitrogen and oxygen atoms in total. The molecular formula is C20H29N7. The predicted molar refractivity (Wildman–Crippen MR) is 108 cm³/mol. The molecular weight excluding hydrogens is 338 g/mol. The molecule has 144 valence electrons. The fraction of sp³-hybridized carbons (Fsp3) is 0.600. The third-order valence-corrected chi connectivity index (χ3v) is 5.82. The Morgan fingerprint density at radius 2 is 2.07 bits per heavy atom. The SMILES string of the molecule is CCN=CC(C)(C)N1CCN(c2ccc(-c3n[nH]c(C)n3)nc2)C2CCC21. The van der Waals surface area contributed by atoms with Crippen molar-refractivity contribution in [3.63, 3.8) is 0 Å². The molecule has 1 N–H and O–H groups in total. The number of aryl methyl sites for hydroxylation is 1. The van der Waals surface area contributed by atoms with Gasteiger partial charge in [-0.15, -0.1) is 0 Å². The summed E-state index contributed by atoms with van der Waals surface area (Å²) in [6.45, 7) is 11.5. The molecule has 0 amide bonds. The van der Waals surface area contributed by atoms with Gasteiger partial charge in [0, 0.05) is 37.9 Å². The highest BCUT2D eigenvalue weighted by Gasteiger charge is 2.47. The van der Waals surface area contributed by atoms with Crippen molar-refractivity contribution >= 4 is 11.9 Å². The number of rotatable bonds is 5. The molecule has 2 atom stereocenters. The van der Waals surface area contributed by atoms with E-state index in [0.717, 1.165) is 31.2 Å². The van der Waals surface area contributed by atoms with Gasteiger partial charge in [-0.25, -0.2) is 4.98 Å². The van der Waals surface area contributed by atoms with Gasteiger partial charge < -0.3 is 4.90 Å². The van der Waals surface area contributed by atoms with Crippen LogP contribution in [0.15, 0.2) is 23.3 Å². The van der Waals surface area contributed by atoms with Crippen molar-refractivity contribution in [2.24, 2.45) is 4.99 Å². The molecule has 2 unspecified atom stereocenters. The van der Waals surface area contributed by atoms with Gasteiger partial charge >= 0.3 is 0 Å². The maximum atomic E-state index is 4.61. The molecule has 1 aliphatic carbocycles. The van der Waals surface area contributed by atoms with Crippen LogP contribution >= 0.6 is 0 Å². The van der Waals surface area contributed by atoms with Crippen LogP contribution in [-0.4, -0.2) is 68.5 Å². The predicted octanol–water partition coefficient (Wildman–Crippen LogP) is 2.70. The Morgan fingerprint density at radius 3 is 2.67 bits per heavy atom. The summed E-state index contributed by atoms with van der Waals surface area (Å²) in [6, 6.07) is 5.33. The number of piperazine rings is 1. The summed E-state index contributed by atoms with van der Waals surface area (Å²) in [5, 5.41) is 7.07. The number of aromatic nitrogens is 4. The molecule has 0 bridgehead atoms. The Kier molecular flexibility index (Phi) is 4.72. The van der Waals surface area contributed by atoms with Crippen molar-refractivity contribution in [2.45, 2.75) is 58.2 Å². The molecule has 3 heterocycles. The van der Waals surface area contributed by atoms with E-state index in [1.165, 1.54) is 18.5 Å². The summed E-state index contributed by atoms with van der Waals surface area (Å²) in [5.41, 5.74) is 2.01. The smallest absolute Gasteiger partial charge is 0.199 e. The highest BCUT2D eigenvalue weighted by atomic mass is 15.4. The number of nitrogens with one attached hydrogen (secondary N) is 1. The molecule has 2 aromatic heterocycles. The lowest BCUT2D eigenvalue weighted by Gasteiger charge is -2.58. The van der Waals surface area contributed by atoms with Gasteiger partial charge in [0.1, 0.15) is 11.5 Å². The number of hydrogen-bond acceptors (Lipinski definition) is 6. The van der Waals surface area contributed by atoms with E-state index in [9.17, 15) is 0 Å². The van der Waals surface area contributed by atoms with Crippen LogP contribution < -0.4 is 4.90 Å². The molecule has 0 radical (unpaired) electrons. The Labute approximate surface area is 160 Å². The standard InChI is InChI=1S/C20H29N7/c1-5-21-13-20(3,4)27-11-10-26(17-8-9-18(17)27)15-6-7-16(22-12-15)19-23-14(2)24-25-19/h6-7,12-13,17-18H,5,8-11H2,1-4H3,(H,23,24,25). The summed E-state index contributed by atoms with van der Waals surface area (Å²) >= 11 is 0. The maximum Gasteiger partial charge on any atom is 0.199 e. The van der Waals surface area contributed by atoms with E-state index < -0.39 is 0 Å². The fourth-order valence-electron chi connectivity index (χ4n) is 4.31. The number of pyridine rings is 1. The minimum Gasteiger partial charge on any atom is -0.364 e. The van der Waals surface area contributed by atoms with E-state index in [1.54, 1.807) is 0 Å². The maximum absolute atomic E-state index is 4.61. The second kappa shape index (κ2) is 7.03. The zero-order chi connectivity index (χ0) is 19.0. The van der Waals surface area contributed by atoms with Gasteiger partial charge in [-0.3, -0.25) is 20.0 Å². The van der Waals surface area contributed by atoms with Gasteiger partial charge in [0.2, 0.25) is 0 Å². The lowest BCUT2D eigenvalue weighted by molar-refractivity contribution is 0.0260. The first-order valence-electron chi connectivity index (χ1n) is 9.89. The number of fused-ring (bicyclic) bond motifs is 1. The van der Waals surface area contributed by atoms with Gasteiger partial charge in [0.25, 0.3) is 0 Å². The fourth-order valence-corrected chi connectivity index (χ4v) is 4.31. The average Bonchev–Trinajstić information content (AvgIpc) is 3.07. The van der Waals surface area contributed by atoms with Crippen molar-refractivity contribution in [3.05, 3.63) is 24.2 Å². The Bertz CT molecular complexity index is 808. The zero-order valence-corrected chi connectivity index (χ0v) is 16.7. The van der Waals surface area contributed by atoms with Crippen LogP contribution in [0.3, 0.4) is 0 Å². The van der Waals surface area contributed by atoms with Crippen LogP contribution in [0.4, 0.5) is 5.69 Å². The van der Waals surface area contributed by atoms with Gasteiger partial charge in [-0.1, -0.05) is 0 Å². The topological polar surface area (TPSA) is 73.3 Å². The van der Waals surface area contributed by atoms with Gasteiger partial charge in [0.15, 0.2) is 5.82 Å². The van der Waals surface area contributed by atoms with Gasteiger partial charge in [-0.2, -0.15) is 5.10 Å². The molecule has 0 aromatic carbocycles. The Hall–Kier alpha value is -2.28. The lowest BCUT2D eigenvalue weighted by Crippen LogP contribution is -2.69. The minimum atomic E-state index is 0.0109. The first-order chi connectivity index (χ1) is 13.0. The van der Waals surface area contributed by atoms with Crippen LogP contribution in [0.5, 0.6) is 0 Å². The normalized spacial score (nSPS) is 23.5. The van der Waals surface area contributed by atoms with Crippen molar-refractivity contribution in [2.75, 3.05) is 24.5 Å². The van der Waals surface area contributed by atoms with Crippen molar-refractivity contribution in [1.29, 1.82) is 0 Å². The zero-order valence-electron chi connectivity index (χ0n) is 16.7. The first kappa shape index (κ1) is 18.1. The van der Waals surface area contributed by atoms with Crippen LogP contribution in [0.25, 0.3) is 11.5 Å². The molecule has 1 saturated carbocycles. The number of hydrogen-bond donors (Lipinski definition) is 1. The second-order valence-electron chi connectivity index (χ2n) is 8.03. The summed E-state index contributed by atoms with van der Waals surface area (Å²) in [4.78, 5) is 18.6. The lowest BCUT2D eigenvalue weighted by atomic mass is 9.79. The molecule has 7 heteroatoms. The summed E-state index contributed by atoms with van der Waals surface area (Å²) < 4.78 is 0. The van der Waals surface area contributed by atoms with Crippen molar-refractivity contribution in [1.82, 2.24) is 25.1 Å². The highest BCUT2D eigenvalue weighted by Crippen LogP contribution is 2.39. The van der Waals surface area contributed by atoms with Crippen LogP contribution in [0.2, 0.25) is 0 Å². The molecule has 2 aliphatic rings. The first-order valence-corrected chi connectivity index (χ1v) is 9.89. The largest absolute Gasteiger partial charge is 0.364 e. The number of anilines is 1. The number of H-pyrrole nitrogens is 1. The highest BCUT2D eigenvalue weighted by molar-refractivity contribution is 5.69. The third kappa shape index (κ3) is 3.36. The molecule has 1 saturated heterocycles. The quantitative estimate of drug-likeness (QED) is 0.823. The monoisotopic (exact) mass is 367 g/mol.